The first kappa shape index (κ1) is 18.5. The van der Waals surface area contributed by atoms with Gasteiger partial charge >= 0.3 is 0 Å². The van der Waals surface area contributed by atoms with Crippen molar-refractivity contribution in [2.75, 3.05) is 24.8 Å². The van der Waals surface area contributed by atoms with Crippen molar-refractivity contribution in [3.63, 3.8) is 0 Å². The molecule has 0 fully saturated rings. The fourth-order valence-electron chi connectivity index (χ4n) is 2.07. The topological polar surface area (TPSA) is 99.2 Å². The molecule has 7 nitrogen and oxygen atoms in total. The van der Waals surface area contributed by atoms with Crippen LogP contribution in [0, 0.1) is 13.8 Å². The summed E-state index contributed by atoms with van der Waals surface area (Å²) >= 11 is 2.62. The highest BCUT2D eigenvalue weighted by atomic mass is 32.2. The number of amides is 2. The zero-order chi connectivity index (χ0) is 17.7. The number of primary amides is 1. The molecule has 0 saturated carbocycles. The standard InChI is InChI=1S/C15H20N4O3S2/c1-9-10(2)19(5-6-22-3)15(17-9)24-8-12(20)18-14-11(13(16)21)4-7-23-14/h4,7H,5-6,8H2,1-3H3,(H2,16,21)(H,18,20). The number of carbonyl (C=O) groups is 2. The molecule has 2 aromatic rings. The van der Waals surface area contributed by atoms with Crippen LogP contribution in [-0.4, -0.2) is 40.8 Å². The number of carbonyl (C=O) groups excluding carboxylic acids is 2. The van der Waals surface area contributed by atoms with Crippen LogP contribution >= 0.6 is 23.1 Å². The lowest BCUT2D eigenvalue weighted by Crippen LogP contribution is -2.18. The smallest absolute Gasteiger partial charge is 0.251 e. The Bertz CT molecular complexity index is 739. The Morgan fingerprint density at radius 2 is 2.21 bits per heavy atom. The predicted octanol–water partition coefficient (Wildman–Crippen LogP) is 2.04. The van der Waals surface area contributed by atoms with Crippen molar-refractivity contribution >= 4 is 39.9 Å². The molecular formula is C15H20N4O3S2. The third-order valence-corrected chi connectivity index (χ3v) is 5.26. The van der Waals surface area contributed by atoms with Crippen LogP contribution in [0.1, 0.15) is 21.7 Å². The normalized spacial score (nSPS) is 10.8. The highest BCUT2D eigenvalue weighted by molar-refractivity contribution is 7.99. The molecule has 0 aliphatic heterocycles. The average Bonchev–Trinajstić information content (AvgIpc) is 3.09. The number of rotatable bonds is 8. The fraction of sp³-hybridized carbons (Fsp3) is 0.400. The summed E-state index contributed by atoms with van der Waals surface area (Å²) in [7, 11) is 1.65. The lowest BCUT2D eigenvalue weighted by Gasteiger charge is -2.09. The molecule has 0 unspecified atom stereocenters. The average molecular weight is 368 g/mol. The van der Waals surface area contributed by atoms with Crippen molar-refractivity contribution in [2.45, 2.75) is 25.5 Å². The van der Waals surface area contributed by atoms with Crippen molar-refractivity contribution in [1.29, 1.82) is 0 Å². The van der Waals surface area contributed by atoms with Gasteiger partial charge in [0, 0.05) is 19.3 Å². The molecule has 24 heavy (non-hydrogen) atoms. The summed E-state index contributed by atoms with van der Waals surface area (Å²) in [5.74, 6) is -0.569. The van der Waals surface area contributed by atoms with Gasteiger partial charge in [0.2, 0.25) is 5.91 Å². The summed E-state index contributed by atoms with van der Waals surface area (Å²) in [6.45, 7) is 5.19. The van der Waals surface area contributed by atoms with Crippen LogP contribution in [-0.2, 0) is 16.1 Å². The van der Waals surface area contributed by atoms with Gasteiger partial charge in [0.25, 0.3) is 5.91 Å². The lowest BCUT2D eigenvalue weighted by molar-refractivity contribution is -0.113. The van der Waals surface area contributed by atoms with E-state index in [4.69, 9.17) is 10.5 Å². The van der Waals surface area contributed by atoms with Gasteiger partial charge in [-0.3, -0.25) is 9.59 Å². The van der Waals surface area contributed by atoms with Gasteiger partial charge in [0.05, 0.1) is 23.6 Å². The van der Waals surface area contributed by atoms with Crippen LogP contribution in [0.5, 0.6) is 0 Å². The van der Waals surface area contributed by atoms with Gasteiger partial charge in [-0.15, -0.1) is 11.3 Å². The summed E-state index contributed by atoms with van der Waals surface area (Å²) < 4.78 is 7.16. The van der Waals surface area contributed by atoms with Gasteiger partial charge in [-0.25, -0.2) is 4.98 Å². The van der Waals surface area contributed by atoms with Crippen LogP contribution in [0.4, 0.5) is 5.00 Å². The van der Waals surface area contributed by atoms with E-state index in [9.17, 15) is 9.59 Å². The Hall–Kier alpha value is -1.84. The number of hydrogen-bond donors (Lipinski definition) is 2. The van der Waals surface area contributed by atoms with Crippen molar-refractivity contribution in [1.82, 2.24) is 9.55 Å². The number of nitrogens with two attached hydrogens (primary N) is 1. The molecule has 2 aromatic heterocycles. The van der Waals surface area contributed by atoms with Gasteiger partial charge in [0.1, 0.15) is 5.00 Å². The molecule has 130 valence electrons. The van der Waals surface area contributed by atoms with E-state index in [-0.39, 0.29) is 11.7 Å². The molecule has 2 amide bonds. The van der Waals surface area contributed by atoms with Crippen LogP contribution in [0.3, 0.4) is 0 Å². The predicted molar refractivity (Wildman–Crippen MR) is 95.8 cm³/mol. The quantitative estimate of drug-likeness (QED) is 0.695. The number of thioether (sulfide) groups is 1. The first-order valence-corrected chi connectivity index (χ1v) is 9.13. The van der Waals surface area contributed by atoms with Crippen LogP contribution < -0.4 is 11.1 Å². The number of imidazole rings is 1. The third kappa shape index (κ3) is 4.37. The van der Waals surface area contributed by atoms with Gasteiger partial charge in [-0.2, -0.15) is 0 Å². The van der Waals surface area contributed by atoms with E-state index < -0.39 is 5.91 Å². The fourth-order valence-corrected chi connectivity index (χ4v) is 3.80. The highest BCUT2D eigenvalue weighted by Crippen LogP contribution is 2.24. The molecule has 0 bridgehead atoms. The molecule has 0 radical (unpaired) electrons. The minimum absolute atomic E-state index is 0.193. The summed E-state index contributed by atoms with van der Waals surface area (Å²) in [5.41, 5.74) is 7.59. The largest absolute Gasteiger partial charge is 0.383 e. The molecule has 3 N–H and O–H groups in total. The molecule has 2 rings (SSSR count). The second-order valence-electron chi connectivity index (χ2n) is 5.07. The summed E-state index contributed by atoms with van der Waals surface area (Å²) in [6, 6.07) is 1.60. The maximum Gasteiger partial charge on any atom is 0.251 e. The Morgan fingerprint density at radius 3 is 2.88 bits per heavy atom. The van der Waals surface area contributed by atoms with Crippen molar-refractivity contribution in [3.05, 3.63) is 28.4 Å². The maximum absolute atomic E-state index is 12.1. The van der Waals surface area contributed by atoms with E-state index in [1.165, 1.54) is 23.1 Å². The van der Waals surface area contributed by atoms with E-state index in [1.54, 1.807) is 18.6 Å². The summed E-state index contributed by atoms with van der Waals surface area (Å²) in [4.78, 5) is 27.9. The number of aryl methyl sites for hydroxylation is 1. The molecule has 2 heterocycles. The van der Waals surface area contributed by atoms with E-state index in [0.717, 1.165) is 16.5 Å². The maximum atomic E-state index is 12.1. The minimum atomic E-state index is -0.555. The number of methoxy groups -OCH3 is 1. The third-order valence-electron chi connectivity index (χ3n) is 3.46. The molecule has 0 saturated heterocycles. The minimum Gasteiger partial charge on any atom is -0.383 e. The molecule has 0 spiro atoms. The van der Waals surface area contributed by atoms with Gasteiger partial charge < -0.3 is 20.4 Å². The van der Waals surface area contributed by atoms with E-state index in [2.05, 4.69) is 10.3 Å². The Balaban J connectivity index is 2.00. The van der Waals surface area contributed by atoms with Gasteiger partial charge in [0.15, 0.2) is 5.16 Å². The Morgan fingerprint density at radius 1 is 1.46 bits per heavy atom. The molecule has 0 aliphatic rings. The van der Waals surface area contributed by atoms with Crippen molar-refractivity contribution < 1.29 is 14.3 Å². The van der Waals surface area contributed by atoms with E-state index >= 15 is 0 Å². The number of aromatic nitrogens is 2. The van der Waals surface area contributed by atoms with Crippen molar-refractivity contribution in [2.24, 2.45) is 5.73 Å². The van der Waals surface area contributed by atoms with Crippen LogP contribution in [0.25, 0.3) is 0 Å². The molecule has 0 atom stereocenters. The lowest BCUT2D eigenvalue weighted by atomic mass is 10.3. The molecule has 9 heteroatoms. The number of anilines is 1. The number of hydrogen-bond acceptors (Lipinski definition) is 6. The second kappa shape index (κ2) is 8.32. The highest BCUT2D eigenvalue weighted by Gasteiger charge is 2.15. The SMILES string of the molecule is COCCn1c(SCC(=O)Nc2sccc2C(N)=O)nc(C)c1C. The first-order valence-electron chi connectivity index (χ1n) is 7.26. The second-order valence-corrected chi connectivity index (χ2v) is 6.93. The van der Waals surface area contributed by atoms with Crippen molar-refractivity contribution in [3.8, 4) is 0 Å². The number of thiophene rings is 1. The van der Waals surface area contributed by atoms with Crippen LogP contribution in [0.15, 0.2) is 16.6 Å². The first-order chi connectivity index (χ1) is 11.4. The van der Waals surface area contributed by atoms with E-state index in [1.807, 2.05) is 18.4 Å². The Labute approximate surface area is 148 Å². The summed E-state index contributed by atoms with van der Waals surface area (Å²) in [6.07, 6.45) is 0. The summed E-state index contributed by atoms with van der Waals surface area (Å²) in [5, 5.41) is 5.69. The number of nitrogens with one attached hydrogen (secondary N) is 1. The van der Waals surface area contributed by atoms with Gasteiger partial charge in [-0.1, -0.05) is 11.8 Å². The molecule has 0 aliphatic carbocycles. The molecular weight excluding hydrogens is 348 g/mol. The zero-order valence-corrected chi connectivity index (χ0v) is 15.4. The zero-order valence-electron chi connectivity index (χ0n) is 13.8. The number of ether oxygens (including phenoxy) is 1. The monoisotopic (exact) mass is 368 g/mol. The molecule has 0 aromatic carbocycles. The number of nitrogens with zero attached hydrogens (tertiary/aromatic N) is 2. The van der Waals surface area contributed by atoms with E-state index in [0.29, 0.717) is 23.7 Å². The Kier molecular flexibility index (Phi) is 6.41. The van der Waals surface area contributed by atoms with Gasteiger partial charge in [-0.05, 0) is 25.3 Å². The van der Waals surface area contributed by atoms with Crippen LogP contribution in [0.2, 0.25) is 0 Å².